The summed E-state index contributed by atoms with van der Waals surface area (Å²) in [5.74, 6) is 0. The van der Waals surface area contributed by atoms with Crippen molar-refractivity contribution in [3.05, 3.63) is 40.4 Å². The quantitative estimate of drug-likeness (QED) is 0.781. The summed E-state index contributed by atoms with van der Waals surface area (Å²) in [7, 11) is 0. The molecule has 0 radical (unpaired) electrons. The first-order chi connectivity index (χ1) is 7.17. The van der Waals surface area contributed by atoms with Crippen LogP contribution in [0.3, 0.4) is 0 Å². The molecule has 2 heteroatoms. The third-order valence-corrected chi connectivity index (χ3v) is 2.97. The lowest BCUT2D eigenvalue weighted by Crippen LogP contribution is -2.05. The number of anilines is 1. The van der Waals surface area contributed by atoms with Gasteiger partial charge in [-0.25, -0.2) is 0 Å². The smallest absolute Gasteiger partial charge is 0.0375 e. The molecule has 0 saturated heterocycles. The molecule has 0 aliphatic rings. The van der Waals surface area contributed by atoms with Crippen molar-refractivity contribution >= 4 is 21.6 Å². The third-order valence-electron chi connectivity index (χ3n) is 2.48. The number of nitrogens with one attached hydrogen (secondary N) is 1. The fraction of sp³-hybridized carbons (Fsp3) is 0.385. The van der Waals surface area contributed by atoms with Crippen molar-refractivity contribution in [2.75, 3.05) is 11.9 Å². The topological polar surface area (TPSA) is 12.0 Å². The Bertz CT molecular complexity index is 344. The van der Waals surface area contributed by atoms with Crippen molar-refractivity contribution in [1.82, 2.24) is 0 Å². The average Bonchev–Trinajstić information content (AvgIpc) is 2.26. The zero-order chi connectivity index (χ0) is 11.3. The van der Waals surface area contributed by atoms with Gasteiger partial charge in [0.1, 0.15) is 0 Å². The highest BCUT2D eigenvalue weighted by Gasteiger charge is 2.01. The van der Waals surface area contributed by atoms with Crippen LogP contribution < -0.4 is 5.32 Å². The third kappa shape index (κ3) is 3.71. The van der Waals surface area contributed by atoms with Gasteiger partial charge in [-0.05, 0) is 36.6 Å². The monoisotopic (exact) mass is 267 g/mol. The Balaban J connectivity index is 2.72. The first kappa shape index (κ1) is 12.3. The Labute approximate surface area is 101 Å². The van der Waals surface area contributed by atoms with E-state index < -0.39 is 0 Å². The van der Waals surface area contributed by atoms with Crippen molar-refractivity contribution in [2.45, 2.75) is 26.7 Å². The molecular weight excluding hydrogens is 250 g/mol. The summed E-state index contributed by atoms with van der Waals surface area (Å²) < 4.78 is 1.14. The second kappa shape index (κ2) is 5.96. The predicted molar refractivity (Wildman–Crippen MR) is 71.4 cm³/mol. The first-order valence-corrected chi connectivity index (χ1v) is 6.15. The minimum atomic E-state index is 0.866. The second-order valence-corrected chi connectivity index (χ2v) is 4.53. The van der Waals surface area contributed by atoms with Crippen LogP contribution in [-0.4, -0.2) is 6.54 Å². The van der Waals surface area contributed by atoms with Crippen LogP contribution in [-0.2, 0) is 6.42 Å². The van der Waals surface area contributed by atoms with E-state index in [1.54, 1.807) is 0 Å². The Morgan fingerprint density at radius 3 is 2.73 bits per heavy atom. The fourth-order valence-corrected chi connectivity index (χ4v) is 1.78. The van der Waals surface area contributed by atoms with Crippen molar-refractivity contribution in [1.29, 1.82) is 0 Å². The minimum Gasteiger partial charge on any atom is -0.381 e. The van der Waals surface area contributed by atoms with Crippen LogP contribution >= 0.6 is 15.9 Å². The number of aryl methyl sites for hydroxylation is 1. The van der Waals surface area contributed by atoms with E-state index in [9.17, 15) is 0 Å². The van der Waals surface area contributed by atoms with E-state index in [1.807, 2.05) is 0 Å². The molecule has 0 heterocycles. The highest BCUT2D eigenvalue weighted by atomic mass is 79.9. The van der Waals surface area contributed by atoms with E-state index in [0.29, 0.717) is 0 Å². The Hall–Kier alpha value is -0.760. The van der Waals surface area contributed by atoms with E-state index in [4.69, 9.17) is 0 Å². The SMILES string of the molecule is C=C(CC)CNc1ccc(Br)cc1CC. The molecule has 0 saturated carbocycles. The number of hydrogen-bond acceptors (Lipinski definition) is 1. The molecule has 1 N–H and O–H groups in total. The van der Waals surface area contributed by atoms with E-state index >= 15 is 0 Å². The van der Waals surface area contributed by atoms with Gasteiger partial charge >= 0.3 is 0 Å². The van der Waals surface area contributed by atoms with Gasteiger partial charge < -0.3 is 5.32 Å². The average molecular weight is 268 g/mol. The van der Waals surface area contributed by atoms with E-state index in [1.165, 1.54) is 16.8 Å². The van der Waals surface area contributed by atoms with Gasteiger partial charge in [-0.15, -0.1) is 0 Å². The lowest BCUT2D eigenvalue weighted by molar-refractivity contribution is 1.04. The Morgan fingerprint density at radius 1 is 1.40 bits per heavy atom. The van der Waals surface area contributed by atoms with Crippen molar-refractivity contribution < 1.29 is 0 Å². The number of halogens is 1. The maximum absolute atomic E-state index is 3.99. The molecule has 0 fully saturated rings. The van der Waals surface area contributed by atoms with Gasteiger partial charge in [-0.1, -0.05) is 41.9 Å². The highest BCUT2D eigenvalue weighted by molar-refractivity contribution is 9.10. The fourth-order valence-electron chi connectivity index (χ4n) is 1.37. The van der Waals surface area contributed by atoms with Crippen LogP contribution in [0.5, 0.6) is 0 Å². The van der Waals surface area contributed by atoms with Crippen LogP contribution in [0.4, 0.5) is 5.69 Å². The van der Waals surface area contributed by atoms with Crippen LogP contribution in [0, 0.1) is 0 Å². The van der Waals surface area contributed by atoms with Gasteiger partial charge in [0.05, 0.1) is 0 Å². The number of rotatable bonds is 5. The Morgan fingerprint density at radius 2 is 2.13 bits per heavy atom. The molecule has 0 bridgehead atoms. The molecule has 1 aromatic rings. The zero-order valence-electron chi connectivity index (χ0n) is 9.44. The summed E-state index contributed by atoms with van der Waals surface area (Å²) in [5, 5.41) is 3.42. The maximum Gasteiger partial charge on any atom is 0.0375 e. The number of benzene rings is 1. The molecule has 0 aliphatic heterocycles. The molecule has 0 amide bonds. The van der Waals surface area contributed by atoms with Crippen molar-refractivity contribution in [3.8, 4) is 0 Å². The molecular formula is C13H18BrN. The summed E-state index contributed by atoms with van der Waals surface area (Å²) in [6, 6.07) is 6.35. The summed E-state index contributed by atoms with van der Waals surface area (Å²) in [6.07, 6.45) is 2.07. The summed E-state index contributed by atoms with van der Waals surface area (Å²) in [6.45, 7) is 9.16. The van der Waals surface area contributed by atoms with Gasteiger partial charge in [0, 0.05) is 16.7 Å². The van der Waals surface area contributed by atoms with Gasteiger partial charge in [0.15, 0.2) is 0 Å². The van der Waals surface area contributed by atoms with Crippen molar-refractivity contribution in [3.63, 3.8) is 0 Å². The van der Waals surface area contributed by atoms with Gasteiger partial charge in [-0.3, -0.25) is 0 Å². The van der Waals surface area contributed by atoms with Gasteiger partial charge in [-0.2, -0.15) is 0 Å². The molecule has 0 aliphatic carbocycles. The Kier molecular flexibility index (Phi) is 4.89. The predicted octanol–water partition coefficient (Wildman–Crippen LogP) is 4.39. The molecule has 15 heavy (non-hydrogen) atoms. The van der Waals surface area contributed by atoms with Gasteiger partial charge in [0.2, 0.25) is 0 Å². The normalized spacial score (nSPS) is 10.1. The summed E-state index contributed by atoms with van der Waals surface area (Å²) in [5.41, 5.74) is 3.79. The standard InChI is InChI=1S/C13H18BrN/c1-4-10(3)9-15-13-7-6-12(14)8-11(13)5-2/h6-8,15H,3-5,9H2,1-2H3. The molecule has 0 aromatic heterocycles. The van der Waals surface area contributed by atoms with Crippen LogP contribution in [0.1, 0.15) is 25.8 Å². The molecule has 0 unspecified atom stereocenters. The lowest BCUT2D eigenvalue weighted by Gasteiger charge is -2.12. The zero-order valence-corrected chi connectivity index (χ0v) is 11.0. The second-order valence-electron chi connectivity index (χ2n) is 3.61. The van der Waals surface area contributed by atoms with E-state index in [0.717, 1.165) is 23.9 Å². The molecule has 82 valence electrons. The highest BCUT2D eigenvalue weighted by Crippen LogP contribution is 2.21. The number of hydrogen-bond donors (Lipinski definition) is 1. The van der Waals surface area contributed by atoms with Crippen LogP contribution in [0.15, 0.2) is 34.8 Å². The minimum absolute atomic E-state index is 0.866. The van der Waals surface area contributed by atoms with Gasteiger partial charge in [0.25, 0.3) is 0 Å². The molecule has 0 atom stereocenters. The first-order valence-electron chi connectivity index (χ1n) is 5.36. The summed E-state index contributed by atoms with van der Waals surface area (Å²) in [4.78, 5) is 0. The van der Waals surface area contributed by atoms with Crippen molar-refractivity contribution in [2.24, 2.45) is 0 Å². The molecule has 1 aromatic carbocycles. The molecule has 0 spiro atoms. The maximum atomic E-state index is 3.99. The van der Waals surface area contributed by atoms with E-state index in [2.05, 4.69) is 59.9 Å². The summed E-state index contributed by atoms with van der Waals surface area (Å²) >= 11 is 3.49. The van der Waals surface area contributed by atoms with Crippen LogP contribution in [0.25, 0.3) is 0 Å². The van der Waals surface area contributed by atoms with E-state index in [-0.39, 0.29) is 0 Å². The lowest BCUT2D eigenvalue weighted by atomic mass is 10.1. The largest absolute Gasteiger partial charge is 0.381 e. The molecule has 1 rings (SSSR count). The molecule has 1 nitrogen and oxygen atoms in total. The van der Waals surface area contributed by atoms with Crippen LogP contribution in [0.2, 0.25) is 0 Å².